The smallest absolute Gasteiger partial charge is 0.161 e. The number of H-pyrrole nitrogens is 1. The van der Waals surface area contributed by atoms with Crippen molar-refractivity contribution in [1.82, 2.24) is 14.8 Å². The topological polar surface area (TPSA) is 44.0 Å². The Kier molecular flexibility index (Phi) is 6.94. The van der Waals surface area contributed by atoms with Crippen molar-refractivity contribution < 1.29 is 9.47 Å². The van der Waals surface area contributed by atoms with Gasteiger partial charge in [-0.15, -0.1) is 0 Å². The summed E-state index contributed by atoms with van der Waals surface area (Å²) in [7, 11) is 5.61. The lowest BCUT2D eigenvalue weighted by molar-refractivity contribution is 0.115. The van der Waals surface area contributed by atoms with Crippen molar-refractivity contribution in [3.63, 3.8) is 0 Å². The van der Waals surface area contributed by atoms with Crippen LogP contribution in [0.2, 0.25) is 0 Å². The van der Waals surface area contributed by atoms with Gasteiger partial charge in [-0.25, -0.2) is 0 Å². The first-order chi connectivity index (χ1) is 17.0. The van der Waals surface area contributed by atoms with E-state index in [0.29, 0.717) is 5.92 Å². The Morgan fingerprint density at radius 2 is 1.57 bits per heavy atom. The minimum Gasteiger partial charge on any atom is -0.493 e. The predicted octanol–water partition coefficient (Wildman–Crippen LogP) is 5.19. The number of aromatic nitrogens is 1. The van der Waals surface area contributed by atoms with Crippen molar-refractivity contribution >= 4 is 16.6 Å². The molecule has 0 amide bonds. The third kappa shape index (κ3) is 4.74. The number of hydrogen-bond donors (Lipinski definition) is 1. The summed E-state index contributed by atoms with van der Waals surface area (Å²) in [6.07, 6.45) is 2.62. The van der Waals surface area contributed by atoms with E-state index in [9.17, 15) is 0 Å². The summed E-state index contributed by atoms with van der Waals surface area (Å²) >= 11 is 0. The van der Waals surface area contributed by atoms with Crippen molar-refractivity contribution in [3.05, 3.63) is 42.0 Å². The van der Waals surface area contributed by atoms with Crippen LogP contribution in [0, 0.1) is 0 Å². The maximum atomic E-state index is 5.58. The quantitative estimate of drug-likeness (QED) is 0.530. The summed E-state index contributed by atoms with van der Waals surface area (Å²) in [5, 5.41) is 1.32. The van der Waals surface area contributed by atoms with E-state index in [4.69, 9.17) is 9.47 Å². The second-order valence-electron chi connectivity index (χ2n) is 10.4. The van der Waals surface area contributed by atoms with E-state index in [1.165, 1.54) is 53.8 Å². The molecule has 0 radical (unpaired) electrons. The number of ether oxygens (including phenoxy) is 2. The van der Waals surface area contributed by atoms with Crippen LogP contribution < -0.4 is 14.4 Å². The zero-order valence-corrected chi connectivity index (χ0v) is 21.9. The highest BCUT2D eigenvalue weighted by molar-refractivity contribution is 5.93. The molecule has 1 N–H and O–H groups in total. The van der Waals surface area contributed by atoms with E-state index in [-0.39, 0.29) is 0 Å². The van der Waals surface area contributed by atoms with E-state index in [2.05, 4.69) is 70.9 Å². The molecule has 0 saturated carbocycles. The zero-order valence-electron chi connectivity index (χ0n) is 21.9. The molecule has 2 aromatic carbocycles. The van der Waals surface area contributed by atoms with Gasteiger partial charge >= 0.3 is 0 Å². The molecule has 2 fully saturated rings. The van der Waals surface area contributed by atoms with E-state index in [1.54, 1.807) is 14.2 Å². The molecule has 1 aromatic heterocycles. The zero-order chi connectivity index (χ0) is 24.5. The number of nitrogens with one attached hydrogen (secondary N) is 1. The second-order valence-corrected chi connectivity index (χ2v) is 10.4. The minimum atomic E-state index is 0.392. The Bertz CT molecular complexity index is 1150. The molecule has 3 aromatic rings. The molecule has 2 aliphatic rings. The van der Waals surface area contributed by atoms with Crippen LogP contribution in [-0.2, 0) is 0 Å². The summed E-state index contributed by atoms with van der Waals surface area (Å²) in [5.74, 6) is 1.89. The molecule has 35 heavy (non-hydrogen) atoms. The van der Waals surface area contributed by atoms with Crippen LogP contribution in [0.3, 0.4) is 0 Å². The van der Waals surface area contributed by atoms with Gasteiger partial charge in [0.15, 0.2) is 11.5 Å². The highest BCUT2D eigenvalue weighted by Crippen LogP contribution is 2.40. The van der Waals surface area contributed by atoms with Crippen molar-refractivity contribution in [2.75, 3.05) is 65.4 Å². The Hall–Kier alpha value is -2.70. The summed E-state index contributed by atoms with van der Waals surface area (Å²) < 4.78 is 11.0. The molecule has 0 spiro atoms. The standard InChI is InChI=1S/C29H40N4O2/c1-20(2)28-24-19-23(33-16-14-32(15-17-33)22-10-12-31(3)13-11-22)7-8-25(24)30-29(28)21-6-9-26(34-4)27(18-21)35-5/h6-9,18-20,22,30H,10-17H2,1-5H3. The van der Waals surface area contributed by atoms with Crippen LogP contribution in [0.4, 0.5) is 5.69 Å². The largest absolute Gasteiger partial charge is 0.493 e. The average Bonchev–Trinajstić information content (AvgIpc) is 3.28. The first-order valence-corrected chi connectivity index (χ1v) is 13.0. The monoisotopic (exact) mass is 476 g/mol. The first kappa shape index (κ1) is 24.0. The van der Waals surface area contributed by atoms with Gasteiger partial charge in [-0.1, -0.05) is 13.8 Å². The van der Waals surface area contributed by atoms with Gasteiger partial charge in [0.1, 0.15) is 0 Å². The van der Waals surface area contributed by atoms with Crippen molar-refractivity contribution in [1.29, 1.82) is 0 Å². The maximum absolute atomic E-state index is 5.58. The van der Waals surface area contributed by atoms with Crippen LogP contribution in [-0.4, -0.2) is 81.4 Å². The number of anilines is 1. The van der Waals surface area contributed by atoms with Gasteiger partial charge in [-0.05, 0) is 80.9 Å². The fourth-order valence-electron chi connectivity index (χ4n) is 5.92. The SMILES string of the molecule is COc1ccc(-c2[nH]c3ccc(N4CCN(C5CCN(C)CC5)CC4)cc3c2C(C)C)cc1OC. The number of benzene rings is 2. The van der Waals surface area contributed by atoms with E-state index in [1.807, 2.05) is 6.07 Å². The normalized spacial score (nSPS) is 18.5. The lowest BCUT2D eigenvalue weighted by Crippen LogP contribution is -2.53. The molecule has 0 atom stereocenters. The van der Waals surface area contributed by atoms with Gasteiger partial charge < -0.3 is 24.3 Å². The van der Waals surface area contributed by atoms with Gasteiger partial charge in [0.2, 0.25) is 0 Å². The van der Waals surface area contributed by atoms with Crippen molar-refractivity contribution in [2.45, 2.75) is 38.6 Å². The lowest BCUT2D eigenvalue weighted by atomic mass is 9.95. The molecule has 6 nitrogen and oxygen atoms in total. The second kappa shape index (κ2) is 10.1. The van der Waals surface area contributed by atoms with Gasteiger partial charge in [0.25, 0.3) is 0 Å². The van der Waals surface area contributed by atoms with Crippen LogP contribution in [0.1, 0.15) is 38.2 Å². The Balaban J connectivity index is 1.40. The van der Waals surface area contributed by atoms with Gasteiger partial charge in [0, 0.05) is 54.4 Å². The Labute approximate surface area is 209 Å². The molecule has 2 aliphatic heterocycles. The van der Waals surface area contributed by atoms with Crippen molar-refractivity contribution in [3.8, 4) is 22.8 Å². The number of methoxy groups -OCH3 is 2. The summed E-state index contributed by atoms with van der Waals surface area (Å²) in [5.41, 5.74) is 6.17. The molecule has 0 aliphatic carbocycles. The molecule has 0 bridgehead atoms. The van der Waals surface area contributed by atoms with E-state index < -0.39 is 0 Å². The van der Waals surface area contributed by atoms with Crippen LogP contribution in [0.25, 0.3) is 22.2 Å². The van der Waals surface area contributed by atoms with Crippen molar-refractivity contribution in [2.24, 2.45) is 0 Å². The number of aromatic amines is 1. The number of hydrogen-bond acceptors (Lipinski definition) is 5. The minimum absolute atomic E-state index is 0.392. The molecule has 188 valence electrons. The molecular weight excluding hydrogens is 436 g/mol. The molecule has 3 heterocycles. The molecular formula is C29H40N4O2. The van der Waals surface area contributed by atoms with Gasteiger partial charge in [-0.3, -0.25) is 4.90 Å². The summed E-state index contributed by atoms with van der Waals surface area (Å²) in [4.78, 5) is 11.5. The lowest BCUT2D eigenvalue weighted by Gasteiger charge is -2.42. The number of piperazine rings is 1. The highest BCUT2D eigenvalue weighted by atomic mass is 16.5. The fourth-order valence-corrected chi connectivity index (χ4v) is 5.92. The third-order valence-corrected chi connectivity index (χ3v) is 7.96. The Morgan fingerprint density at radius 1 is 0.857 bits per heavy atom. The average molecular weight is 477 g/mol. The highest BCUT2D eigenvalue weighted by Gasteiger charge is 2.27. The molecule has 2 saturated heterocycles. The number of likely N-dealkylation sites (tertiary alicyclic amines) is 1. The first-order valence-electron chi connectivity index (χ1n) is 13.0. The number of nitrogens with zero attached hydrogens (tertiary/aromatic N) is 3. The number of fused-ring (bicyclic) bond motifs is 1. The molecule has 5 rings (SSSR count). The van der Waals surface area contributed by atoms with E-state index >= 15 is 0 Å². The molecule has 6 heteroatoms. The number of piperidine rings is 1. The third-order valence-electron chi connectivity index (χ3n) is 7.96. The predicted molar refractivity (Wildman–Crippen MR) is 145 cm³/mol. The molecule has 0 unspecified atom stereocenters. The van der Waals surface area contributed by atoms with Gasteiger partial charge in [0.05, 0.1) is 19.9 Å². The maximum Gasteiger partial charge on any atom is 0.161 e. The number of rotatable bonds is 6. The summed E-state index contributed by atoms with van der Waals surface area (Å²) in [6, 6.07) is 13.9. The van der Waals surface area contributed by atoms with Crippen LogP contribution in [0.5, 0.6) is 11.5 Å². The summed E-state index contributed by atoms with van der Waals surface area (Å²) in [6.45, 7) is 11.5. The fraction of sp³-hybridized carbons (Fsp3) is 0.517. The van der Waals surface area contributed by atoms with Crippen LogP contribution >= 0.6 is 0 Å². The Morgan fingerprint density at radius 3 is 2.23 bits per heavy atom. The van der Waals surface area contributed by atoms with E-state index in [0.717, 1.165) is 49.3 Å². The van der Waals surface area contributed by atoms with Crippen LogP contribution in [0.15, 0.2) is 36.4 Å². The van der Waals surface area contributed by atoms with Gasteiger partial charge in [-0.2, -0.15) is 0 Å².